The number of ether oxygens (including phenoxy) is 1. The fourth-order valence-electron chi connectivity index (χ4n) is 2.10. The Hall–Kier alpha value is -2.26. The lowest BCUT2D eigenvalue weighted by Crippen LogP contribution is -1.98. The number of imidazole rings is 1. The minimum absolute atomic E-state index is 0.517. The summed E-state index contributed by atoms with van der Waals surface area (Å²) in [5.74, 6) is 0.829. The van der Waals surface area contributed by atoms with Crippen LogP contribution in [0.2, 0.25) is 5.02 Å². The van der Waals surface area contributed by atoms with E-state index in [1.165, 1.54) is 0 Å². The number of aromatic nitrogens is 2. The molecule has 0 saturated heterocycles. The van der Waals surface area contributed by atoms with E-state index in [9.17, 15) is 0 Å². The molecule has 1 aromatic heterocycles. The zero-order valence-corrected chi connectivity index (χ0v) is 12.4. The number of rotatable bonds is 4. The van der Waals surface area contributed by atoms with E-state index in [2.05, 4.69) is 4.98 Å². The fourth-order valence-corrected chi connectivity index (χ4v) is 2.23. The topological polar surface area (TPSA) is 27.1 Å². The molecule has 0 bridgehead atoms. The van der Waals surface area contributed by atoms with Gasteiger partial charge in [-0.3, -0.25) is 0 Å². The first-order valence-electron chi connectivity index (χ1n) is 6.69. The molecule has 0 fully saturated rings. The van der Waals surface area contributed by atoms with E-state index < -0.39 is 0 Å². The van der Waals surface area contributed by atoms with Crippen LogP contribution >= 0.6 is 11.6 Å². The quantitative estimate of drug-likeness (QED) is 0.713. The summed E-state index contributed by atoms with van der Waals surface area (Å²) in [6, 6.07) is 15.6. The molecule has 0 spiro atoms. The molecule has 0 aliphatic rings. The van der Waals surface area contributed by atoms with E-state index in [0.717, 1.165) is 27.7 Å². The van der Waals surface area contributed by atoms with Crippen LogP contribution in [0.15, 0.2) is 61.1 Å². The highest BCUT2D eigenvalue weighted by Crippen LogP contribution is 2.19. The summed E-state index contributed by atoms with van der Waals surface area (Å²) in [7, 11) is 0. The Morgan fingerprint density at radius 3 is 2.67 bits per heavy atom. The molecule has 0 atom stereocenters. The van der Waals surface area contributed by atoms with E-state index in [0.29, 0.717) is 6.61 Å². The van der Waals surface area contributed by atoms with Crippen molar-refractivity contribution in [2.75, 3.05) is 0 Å². The maximum atomic E-state index is 5.87. The molecule has 3 rings (SSSR count). The molecule has 0 aliphatic carbocycles. The number of aryl methyl sites for hydroxylation is 1. The molecule has 0 N–H and O–H groups in total. The molecule has 0 unspecified atom stereocenters. The second-order valence-electron chi connectivity index (χ2n) is 4.82. The molecule has 1 heterocycles. The van der Waals surface area contributed by atoms with Crippen molar-refractivity contribution < 1.29 is 4.74 Å². The van der Waals surface area contributed by atoms with Crippen molar-refractivity contribution in [1.82, 2.24) is 9.55 Å². The number of hydrogen-bond acceptors (Lipinski definition) is 2. The van der Waals surface area contributed by atoms with E-state index in [1.807, 2.05) is 66.2 Å². The Kier molecular flexibility index (Phi) is 3.93. The van der Waals surface area contributed by atoms with Crippen LogP contribution in [0, 0.1) is 6.92 Å². The van der Waals surface area contributed by atoms with Gasteiger partial charge in [-0.25, -0.2) is 4.98 Å². The molecule has 21 heavy (non-hydrogen) atoms. The number of hydrogen-bond donors (Lipinski definition) is 0. The smallest absolute Gasteiger partial charge is 0.121 e. The van der Waals surface area contributed by atoms with Gasteiger partial charge in [-0.2, -0.15) is 0 Å². The average Bonchev–Trinajstić information content (AvgIpc) is 2.93. The summed E-state index contributed by atoms with van der Waals surface area (Å²) >= 11 is 5.87. The largest absolute Gasteiger partial charge is 0.489 e. The van der Waals surface area contributed by atoms with E-state index in [-0.39, 0.29) is 0 Å². The number of nitrogens with zero attached hydrogens (tertiary/aromatic N) is 2. The molecule has 4 heteroatoms. The van der Waals surface area contributed by atoms with Crippen molar-refractivity contribution in [1.29, 1.82) is 0 Å². The van der Waals surface area contributed by atoms with Crippen LogP contribution < -0.4 is 4.74 Å². The van der Waals surface area contributed by atoms with Crippen molar-refractivity contribution in [3.8, 4) is 11.4 Å². The van der Waals surface area contributed by atoms with Crippen LogP contribution in [0.5, 0.6) is 5.75 Å². The summed E-state index contributed by atoms with van der Waals surface area (Å²) < 4.78 is 7.86. The fraction of sp³-hybridized carbons (Fsp3) is 0.118. The highest BCUT2D eigenvalue weighted by atomic mass is 35.5. The van der Waals surface area contributed by atoms with Gasteiger partial charge in [-0.1, -0.05) is 29.8 Å². The Morgan fingerprint density at radius 2 is 1.95 bits per heavy atom. The lowest BCUT2D eigenvalue weighted by molar-refractivity contribution is 0.306. The normalized spacial score (nSPS) is 10.6. The van der Waals surface area contributed by atoms with Crippen molar-refractivity contribution in [3.63, 3.8) is 0 Å². The van der Waals surface area contributed by atoms with Gasteiger partial charge in [0, 0.05) is 23.0 Å². The van der Waals surface area contributed by atoms with Gasteiger partial charge in [0.1, 0.15) is 12.4 Å². The molecular formula is C17H15ClN2O. The Labute approximate surface area is 128 Å². The summed E-state index contributed by atoms with van der Waals surface area (Å²) in [6.07, 6.45) is 3.63. The third kappa shape index (κ3) is 3.26. The van der Waals surface area contributed by atoms with Gasteiger partial charge in [0.25, 0.3) is 0 Å². The van der Waals surface area contributed by atoms with Gasteiger partial charge < -0.3 is 9.30 Å². The summed E-state index contributed by atoms with van der Waals surface area (Å²) in [6.45, 7) is 2.54. The van der Waals surface area contributed by atoms with E-state index in [1.54, 1.807) is 6.33 Å². The van der Waals surface area contributed by atoms with Gasteiger partial charge in [0.2, 0.25) is 0 Å². The van der Waals surface area contributed by atoms with Crippen molar-refractivity contribution >= 4 is 11.6 Å². The van der Waals surface area contributed by atoms with Crippen LogP contribution in [-0.4, -0.2) is 9.55 Å². The van der Waals surface area contributed by atoms with Gasteiger partial charge >= 0.3 is 0 Å². The van der Waals surface area contributed by atoms with Gasteiger partial charge in [0.05, 0.1) is 12.0 Å². The zero-order chi connectivity index (χ0) is 14.7. The lowest BCUT2D eigenvalue weighted by Gasteiger charge is -2.10. The van der Waals surface area contributed by atoms with E-state index >= 15 is 0 Å². The van der Waals surface area contributed by atoms with Crippen molar-refractivity contribution in [2.24, 2.45) is 0 Å². The maximum Gasteiger partial charge on any atom is 0.121 e. The second-order valence-corrected chi connectivity index (χ2v) is 5.25. The van der Waals surface area contributed by atoms with E-state index in [4.69, 9.17) is 16.3 Å². The minimum atomic E-state index is 0.517. The van der Waals surface area contributed by atoms with Gasteiger partial charge in [0.15, 0.2) is 0 Å². The Bertz CT molecular complexity index is 735. The molecule has 106 valence electrons. The number of benzene rings is 2. The number of halogens is 1. The minimum Gasteiger partial charge on any atom is -0.489 e. The summed E-state index contributed by atoms with van der Waals surface area (Å²) in [5.41, 5.74) is 3.21. The molecule has 2 aromatic carbocycles. The highest BCUT2D eigenvalue weighted by molar-refractivity contribution is 6.30. The maximum absolute atomic E-state index is 5.87. The van der Waals surface area contributed by atoms with Crippen LogP contribution in [0.25, 0.3) is 5.69 Å². The lowest BCUT2D eigenvalue weighted by atomic mass is 10.2. The summed E-state index contributed by atoms with van der Waals surface area (Å²) in [5, 5.41) is 0.733. The molecule has 3 nitrogen and oxygen atoms in total. The van der Waals surface area contributed by atoms with Crippen molar-refractivity contribution in [2.45, 2.75) is 13.5 Å². The molecule has 0 aliphatic heterocycles. The third-order valence-electron chi connectivity index (χ3n) is 3.24. The predicted octanol–water partition coefficient (Wildman–Crippen LogP) is 4.41. The molecule has 0 radical (unpaired) electrons. The van der Waals surface area contributed by atoms with Gasteiger partial charge in [-0.15, -0.1) is 0 Å². The average molecular weight is 299 g/mol. The van der Waals surface area contributed by atoms with Crippen LogP contribution in [0.1, 0.15) is 11.3 Å². The second kappa shape index (κ2) is 6.02. The standard InChI is InChI=1S/C17H15ClN2O/c1-13-10-19-12-20(13)16-3-2-4-17(9-16)21-11-14-5-7-15(18)8-6-14/h2-10,12H,11H2,1H3. The molecular weight excluding hydrogens is 284 g/mol. The first kappa shape index (κ1) is 13.7. The van der Waals surface area contributed by atoms with Crippen molar-refractivity contribution in [3.05, 3.63) is 77.3 Å². The zero-order valence-electron chi connectivity index (χ0n) is 11.7. The predicted molar refractivity (Wildman–Crippen MR) is 84.1 cm³/mol. The third-order valence-corrected chi connectivity index (χ3v) is 3.49. The molecule has 0 saturated carbocycles. The summed E-state index contributed by atoms with van der Waals surface area (Å²) in [4.78, 5) is 4.14. The monoisotopic (exact) mass is 298 g/mol. The van der Waals surface area contributed by atoms with Crippen LogP contribution in [-0.2, 0) is 6.61 Å². The molecule has 0 amide bonds. The van der Waals surface area contributed by atoms with Gasteiger partial charge in [-0.05, 0) is 36.8 Å². The van der Waals surface area contributed by atoms with Crippen LogP contribution in [0.3, 0.4) is 0 Å². The highest BCUT2D eigenvalue weighted by Gasteiger charge is 2.02. The molecule has 3 aromatic rings. The first-order valence-corrected chi connectivity index (χ1v) is 7.07. The Balaban J connectivity index is 1.74. The Morgan fingerprint density at radius 1 is 1.14 bits per heavy atom. The van der Waals surface area contributed by atoms with Crippen LogP contribution in [0.4, 0.5) is 0 Å². The first-order chi connectivity index (χ1) is 10.2. The SMILES string of the molecule is Cc1cncn1-c1cccc(OCc2ccc(Cl)cc2)c1.